The van der Waals surface area contributed by atoms with Crippen molar-refractivity contribution in [2.24, 2.45) is 5.92 Å². The Morgan fingerprint density at radius 1 is 1.27 bits per heavy atom. The van der Waals surface area contributed by atoms with Crippen molar-refractivity contribution in [3.05, 3.63) is 28.2 Å². The summed E-state index contributed by atoms with van der Waals surface area (Å²) in [7, 11) is -3.61. The lowest BCUT2D eigenvalue weighted by atomic mass is 10.2. The molecule has 0 heterocycles. The van der Waals surface area contributed by atoms with Gasteiger partial charge in [-0.15, -0.1) is 0 Å². The number of nitrogens with zero attached hydrogens (tertiary/aromatic N) is 1. The number of hydrogen-bond donors (Lipinski definition) is 1. The van der Waals surface area contributed by atoms with Crippen LogP contribution < -0.4 is 9.62 Å². The molecule has 124 valence electrons. The maximum Gasteiger partial charge on any atom is 0.232 e. The van der Waals surface area contributed by atoms with Gasteiger partial charge in [0.15, 0.2) is 0 Å². The number of hydrogen-bond acceptors (Lipinski definition) is 3. The maximum absolute atomic E-state index is 12.0. The van der Waals surface area contributed by atoms with Crippen LogP contribution in [-0.2, 0) is 14.8 Å². The summed E-state index contributed by atoms with van der Waals surface area (Å²) in [5.74, 6) is 0.110. The minimum absolute atomic E-state index is 0.0216. The molecule has 0 saturated carbocycles. The molecule has 0 bridgehead atoms. The van der Waals surface area contributed by atoms with E-state index in [9.17, 15) is 13.2 Å². The quantitative estimate of drug-likeness (QED) is 0.806. The van der Waals surface area contributed by atoms with Crippen molar-refractivity contribution in [3.8, 4) is 0 Å². The Labute approximate surface area is 141 Å². The number of benzene rings is 1. The summed E-state index contributed by atoms with van der Waals surface area (Å²) in [4.78, 5) is 11.8. The van der Waals surface area contributed by atoms with E-state index in [2.05, 4.69) is 5.32 Å². The Balaban J connectivity index is 2.91. The summed E-state index contributed by atoms with van der Waals surface area (Å²) in [6.07, 6.45) is 1.08. The van der Waals surface area contributed by atoms with Gasteiger partial charge in [0.05, 0.1) is 22.0 Å². The fourth-order valence-corrected chi connectivity index (χ4v) is 3.43. The molecule has 8 heteroatoms. The largest absolute Gasteiger partial charge is 0.356 e. The summed E-state index contributed by atoms with van der Waals surface area (Å²) < 4.78 is 25.0. The predicted octanol–water partition coefficient (Wildman–Crippen LogP) is 2.92. The molecule has 0 aliphatic rings. The summed E-state index contributed by atoms with van der Waals surface area (Å²) in [5, 5.41) is 3.19. The number of carbonyl (C=O) groups is 1. The average Bonchev–Trinajstić information content (AvgIpc) is 2.38. The molecule has 1 aromatic rings. The van der Waals surface area contributed by atoms with E-state index in [1.54, 1.807) is 18.2 Å². The number of halogens is 2. The van der Waals surface area contributed by atoms with Crippen molar-refractivity contribution >= 4 is 44.8 Å². The second-order valence-electron chi connectivity index (χ2n) is 5.35. The average molecular weight is 367 g/mol. The van der Waals surface area contributed by atoms with E-state index < -0.39 is 10.0 Å². The fraction of sp³-hybridized carbons (Fsp3) is 0.500. The lowest BCUT2D eigenvalue weighted by Gasteiger charge is -2.24. The van der Waals surface area contributed by atoms with Crippen molar-refractivity contribution < 1.29 is 13.2 Å². The van der Waals surface area contributed by atoms with E-state index in [4.69, 9.17) is 23.2 Å². The fourth-order valence-electron chi connectivity index (χ4n) is 1.78. The van der Waals surface area contributed by atoms with Gasteiger partial charge in [-0.05, 0) is 18.1 Å². The zero-order valence-electron chi connectivity index (χ0n) is 12.8. The van der Waals surface area contributed by atoms with E-state index in [1.807, 2.05) is 13.8 Å². The highest BCUT2D eigenvalue weighted by Crippen LogP contribution is 2.34. The van der Waals surface area contributed by atoms with Gasteiger partial charge < -0.3 is 5.32 Å². The standard InChI is InChI=1S/C14H20Cl2N2O3S/c1-10(2)9-17-13(19)7-8-18(22(3,20)21)14-11(15)5-4-6-12(14)16/h4-6,10H,7-9H2,1-3H3,(H,17,19). The maximum atomic E-state index is 12.0. The van der Waals surface area contributed by atoms with E-state index in [1.165, 1.54) is 0 Å². The summed E-state index contributed by atoms with van der Waals surface area (Å²) in [6, 6.07) is 4.74. The summed E-state index contributed by atoms with van der Waals surface area (Å²) in [5.41, 5.74) is 0.199. The molecule has 0 atom stereocenters. The molecular formula is C14H20Cl2N2O3S. The highest BCUT2D eigenvalue weighted by Gasteiger charge is 2.23. The van der Waals surface area contributed by atoms with Crippen LogP contribution in [0.1, 0.15) is 20.3 Å². The van der Waals surface area contributed by atoms with Gasteiger partial charge in [0, 0.05) is 19.5 Å². The molecule has 0 unspecified atom stereocenters. The highest BCUT2D eigenvalue weighted by atomic mass is 35.5. The Hall–Kier alpha value is -0.980. The number of carbonyl (C=O) groups excluding carboxylic acids is 1. The van der Waals surface area contributed by atoms with Crippen LogP contribution in [0.3, 0.4) is 0 Å². The first kappa shape index (κ1) is 19.1. The Bertz CT molecular complexity index is 613. The smallest absolute Gasteiger partial charge is 0.232 e. The van der Waals surface area contributed by atoms with Crippen LogP contribution in [0, 0.1) is 5.92 Å². The van der Waals surface area contributed by atoms with Crippen molar-refractivity contribution in [1.29, 1.82) is 0 Å². The summed E-state index contributed by atoms with van der Waals surface area (Å²) in [6.45, 7) is 4.48. The molecule has 0 fully saturated rings. The van der Waals surface area contributed by atoms with E-state index >= 15 is 0 Å². The van der Waals surface area contributed by atoms with Crippen LogP contribution in [0.25, 0.3) is 0 Å². The van der Waals surface area contributed by atoms with Gasteiger partial charge in [-0.2, -0.15) is 0 Å². The molecule has 0 radical (unpaired) electrons. The third-order valence-electron chi connectivity index (χ3n) is 2.84. The first-order valence-corrected chi connectivity index (χ1v) is 9.41. The van der Waals surface area contributed by atoms with Gasteiger partial charge in [0.2, 0.25) is 15.9 Å². The first-order valence-electron chi connectivity index (χ1n) is 6.81. The number of sulfonamides is 1. The molecular weight excluding hydrogens is 347 g/mol. The minimum atomic E-state index is -3.61. The molecule has 1 amide bonds. The van der Waals surface area contributed by atoms with Gasteiger partial charge >= 0.3 is 0 Å². The Kier molecular flexibility index (Phi) is 6.97. The zero-order chi connectivity index (χ0) is 16.9. The first-order chi connectivity index (χ1) is 10.1. The normalized spacial score (nSPS) is 11.5. The van der Waals surface area contributed by atoms with Gasteiger partial charge in [0.1, 0.15) is 0 Å². The molecule has 1 aromatic carbocycles. The number of amides is 1. The summed E-state index contributed by atoms with van der Waals surface area (Å²) >= 11 is 12.1. The molecule has 1 N–H and O–H groups in total. The third-order valence-corrected chi connectivity index (χ3v) is 4.61. The van der Waals surface area contributed by atoms with Crippen molar-refractivity contribution in [1.82, 2.24) is 5.32 Å². The van der Waals surface area contributed by atoms with Gasteiger partial charge in [-0.1, -0.05) is 43.1 Å². The van der Waals surface area contributed by atoms with E-state index in [-0.39, 0.29) is 34.6 Å². The van der Waals surface area contributed by atoms with Gasteiger partial charge in [0.25, 0.3) is 0 Å². The van der Waals surface area contributed by atoms with Crippen LogP contribution in [-0.4, -0.2) is 33.7 Å². The van der Waals surface area contributed by atoms with Crippen LogP contribution >= 0.6 is 23.2 Å². The predicted molar refractivity (Wildman–Crippen MR) is 91.1 cm³/mol. The monoisotopic (exact) mass is 366 g/mol. The van der Waals surface area contributed by atoms with Crippen LogP contribution in [0.5, 0.6) is 0 Å². The molecule has 0 aromatic heterocycles. The minimum Gasteiger partial charge on any atom is -0.356 e. The number of para-hydroxylation sites is 1. The SMILES string of the molecule is CC(C)CNC(=O)CCN(c1c(Cl)cccc1Cl)S(C)(=O)=O. The highest BCUT2D eigenvalue weighted by molar-refractivity contribution is 7.92. The van der Waals surface area contributed by atoms with Gasteiger partial charge in [-0.25, -0.2) is 8.42 Å². The third kappa shape index (κ3) is 5.66. The number of rotatable bonds is 7. The molecule has 5 nitrogen and oxygen atoms in total. The lowest BCUT2D eigenvalue weighted by Crippen LogP contribution is -2.35. The van der Waals surface area contributed by atoms with E-state index in [0.29, 0.717) is 12.5 Å². The second-order valence-corrected chi connectivity index (χ2v) is 8.07. The molecule has 0 aliphatic carbocycles. The van der Waals surface area contributed by atoms with Crippen LogP contribution in [0.4, 0.5) is 5.69 Å². The van der Waals surface area contributed by atoms with E-state index in [0.717, 1.165) is 10.6 Å². The Morgan fingerprint density at radius 3 is 2.27 bits per heavy atom. The van der Waals surface area contributed by atoms with Crippen molar-refractivity contribution in [2.75, 3.05) is 23.7 Å². The van der Waals surface area contributed by atoms with Crippen LogP contribution in [0.2, 0.25) is 10.0 Å². The Morgan fingerprint density at radius 2 is 1.82 bits per heavy atom. The topological polar surface area (TPSA) is 66.5 Å². The molecule has 0 aliphatic heterocycles. The second kappa shape index (κ2) is 8.04. The molecule has 22 heavy (non-hydrogen) atoms. The van der Waals surface area contributed by atoms with Crippen molar-refractivity contribution in [3.63, 3.8) is 0 Å². The van der Waals surface area contributed by atoms with Gasteiger partial charge in [-0.3, -0.25) is 9.10 Å². The van der Waals surface area contributed by atoms with Crippen molar-refractivity contribution in [2.45, 2.75) is 20.3 Å². The molecule has 0 saturated heterocycles. The number of nitrogens with one attached hydrogen (secondary N) is 1. The number of anilines is 1. The zero-order valence-corrected chi connectivity index (χ0v) is 15.1. The van der Waals surface area contributed by atoms with Crippen LogP contribution in [0.15, 0.2) is 18.2 Å². The molecule has 1 rings (SSSR count). The lowest BCUT2D eigenvalue weighted by molar-refractivity contribution is -0.121. The molecule has 0 spiro atoms.